The van der Waals surface area contributed by atoms with Gasteiger partial charge in [0.2, 0.25) is 5.91 Å². The Bertz CT molecular complexity index is 867. The maximum atomic E-state index is 14.5. The van der Waals surface area contributed by atoms with Crippen LogP contribution < -0.4 is 10.0 Å². The van der Waals surface area contributed by atoms with Crippen LogP contribution in [-0.4, -0.2) is 33.0 Å². The van der Waals surface area contributed by atoms with Crippen molar-refractivity contribution in [2.24, 2.45) is 0 Å². The molecule has 2 heterocycles. The molecule has 2 aromatic rings. The number of nitrogens with one attached hydrogen (secondary N) is 2. The number of carbonyl (C=O) groups is 1. The molecule has 0 radical (unpaired) electrons. The maximum Gasteiger partial charge on any atom is 0.231 e. The zero-order chi connectivity index (χ0) is 20.1. The van der Waals surface area contributed by atoms with E-state index >= 15 is 0 Å². The van der Waals surface area contributed by atoms with Gasteiger partial charge in [0.1, 0.15) is 12.1 Å². The molecule has 1 aromatic heterocycles. The largest absolute Gasteiger partial charge is 0.760 e. The molecule has 10 heteroatoms. The van der Waals surface area contributed by atoms with Gasteiger partial charge in [0, 0.05) is 48.7 Å². The second kappa shape index (κ2) is 8.91. The second-order valence-corrected chi connectivity index (χ2v) is 7.42. The van der Waals surface area contributed by atoms with Crippen LogP contribution in [0.25, 0.3) is 0 Å². The molecular weight excluding hydrogens is 389 g/mol. The van der Waals surface area contributed by atoms with Crippen molar-refractivity contribution in [3.63, 3.8) is 0 Å². The molecule has 3 rings (SSSR count). The Hall–Kier alpha value is -2.14. The molecule has 1 fully saturated rings. The molecular formula is C18H21FN3O5S-. The summed E-state index contributed by atoms with van der Waals surface area (Å²) in [7, 11) is 0. The number of hydrogen-bond donors (Lipinski definition) is 2. The minimum Gasteiger partial charge on any atom is -0.760 e. The van der Waals surface area contributed by atoms with Crippen LogP contribution in [0.3, 0.4) is 0 Å². The highest BCUT2D eigenvalue weighted by Crippen LogP contribution is 2.36. The van der Waals surface area contributed by atoms with E-state index in [2.05, 4.69) is 15.2 Å². The monoisotopic (exact) mass is 410 g/mol. The van der Waals surface area contributed by atoms with Crippen LogP contribution in [-0.2, 0) is 39.3 Å². The van der Waals surface area contributed by atoms with Crippen molar-refractivity contribution in [1.29, 1.82) is 0 Å². The molecule has 1 aromatic carbocycles. The van der Waals surface area contributed by atoms with Gasteiger partial charge in [0.25, 0.3) is 0 Å². The molecule has 0 spiro atoms. The Labute approximate surface area is 164 Å². The van der Waals surface area contributed by atoms with Gasteiger partial charge in [-0.25, -0.2) is 9.11 Å². The minimum absolute atomic E-state index is 0.155. The van der Waals surface area contributed by atoms with Crippen LogP contribution in [0, 0.1) is 12.7 Å². The van der Waals surface area contributed by atoms with Gasteiger partial charge in [-0.05, 0) is 31.4 Å². The standard InChI is InChI=1S/C18H22FN3O5S/c1-12-14(11-27-22-12)9-20-17(23)18(4-6-26-7-5-18)15-3-2-13(16(19)8-15)10-21-28(24)25/h2-3,8,11,21H,4-7,9-10H2,1H3,(H,20,23)(H,24,25)/p-1. The van der Waals surface area contributed by atoms with Crippen molar-refractivity contribution in [2.75, 3.05) is 13.2 Å². The van der Waals surface area contributed by atoms with E-state index < -0.39 is 22.5 Å². The van der Waals surface area contributed by atoms with Crippen LogP contribution in [0.15, 0.2) is 29.0 Å². The molecule has 1 amide bonds. The number of rotatable bonds is 7. The van der Waals surface area contributed by atoms with E-state index in [0.29, 0.717) is 37.3 Å². The first-order valence-corrected chi connectivity index (χ1v) is 9.87. The summed E-state index contributed by atoms with van der Waals surface area (Å²) in [5, 5.41) is 6.69. The van der Waals surface area contributed by atoms with Crippen LogP contribution in [0.5, 0.6) is 0 Å². The smallest absolute Gasteiger partial charge is 0.231 e. The summed E-state index contributed by atoms with van der Waals surface area (Å²) in [4.78, 5) is 13.1. The zero-order valence-electron chi connectivity index (χ0n) is 15.3. The van der Waals surface area contributed by atoms with Crippen molar-refractivity contribution in [3.05, 3.63) is 52.7 Å². The van der Waals surface area contributed by atoms with E-state index in [1.807, 2.05) is 0 Å². The molecule has 152 valence electrons. The Kier molecular flexibility index (Phi) is 6.55. The summed E-state index contributed by atoms with van der Waals surface area (Å²) < 4.78 is 48.2. The number of nitrogens with zero attached hydrogens (tertiary/aromatic N) is 1. The van der Waals surface area contributed by atoms with Gasteiger partial charge in [0.05, 0.1) is 11.1 Å². The maximum absolute atomic E-state index is 14.5. The number of aryl methyl sites for hydroxylation is 1. The van der Waals surface area contributed by atoms with Crippen molar-refractivity contribution in [1.82, 2.24) is 15.2 Å². The highest BCUT2D eigenvalue weighted by atomic mass is 32.2. The van der Waals surface area contributed by atoms with Crippen molar-refractivity contribution in [3.8, 4) is 0 Å². The fraction of sp³-hybridized carbons (Fsp3) is 0.444. The van der Waals surface area contributed by atoms with Crippen molar-refractivity contribution in [2.45, 2.75) is 38.3 Å². The van der Waals surface area contributed by atoms with Gasteiger partial charge in [-0.15, -0.1) is 0 Å². The number of ether oxygens (including phenoxy) is 1. The summed E-state index contributed by atoms with van der Waals surface area (Å²) >= 11 is -2.48. The molecule has 0 saturated carbocycles. The number of benzene rings is 1. The number of carbonyl (C=O) groups excluding carboxylic acids is 1. The lowest BCUT2D eigenvalue weighted by Crippen LogP contribution is -2.48. The van der Waals surface area contributed by atoms with Crippen LogP contribution in [0.2, 0.25) is 0 Å². The van der Waals surface area contributed by atoms with E-state index in [1.54, 1.807) is 13.0 Å². The lowest BCUT2D eigenvalue weighted by atomic mass is 9.73. The molecule has 1 atom stereocenters. The van der Waals surface area contributed by atoms with Gasteiger partial charge in [-0.1, -0.05) is 17.3 Å². The summed E-state index contributed by atoms with van der Waals surface area (Å²) in [6.07, 6.45) is 2.32. The van der Waals surface area contributed by atoms with Gasteiger partial charge in [-0.3, -0.25) is 9.00 Å². The summed E-state index contributed by atoms with van der Waals surface area (Å²) in [6.45, 7) is 2.67. The van der Waals surface area contributed by atoms with E-state index in [1.165, 1.54) is 18.4 Å². The molecule has 28 heavy (non-hydrogen) atoms. The minimum atomic E-state index is -2.48. The Morgan fingerprint density at radius 3 is 2.68 bits per heavy atom. The number of hydrogen-bond acceptors (Lipinski definition) is 6. The van der Waals surface area contributed by atoms with E-state index in [4.69, 9.17) is 9.26 Å². The predicted octanol–water partition coefficient (Wildman–Crippen LogP) is 1.37. The number of halogens is 1. The summed E-state index contributed by atoms with van der Waals surface area (Å²) in [5.41, 5.74) is 1.29. The first-order valence-electron chi connectivity index (χ1n) is 8.80. The van der Waals surface area contributed by atoms with Crippen LogP contribution in [0.1, 0.15) is 35.2 Å². The summed E-state index contributed by atoms with van der Waals surface area (Å²) in [5.74, 6) is -0.786. The van der Waals surface area contributed by atoms with E-state index in [0.717, 1.165) is 5.56 Å². The Morgan fingerprint density at radius 2 is 2.07 bits per heavy atom. The fourth-order valence-electron chi connectivity index (χ4n) is 3.32. The first kappa shape index (κ1) is 20.6. The quantitative estimate of drug-likeness (QED) is 0.666. The van der Waals surface area contributed by atoms with Crippen LogP contribution in [0.4, 0.5) is 4.39 Å². The molecule has 0 bridgehead atoms. The number of aromatic nitrogens is 1. The number of amides is 1. The van der Waals surface area contributed by atoms with Crippen molar-refractivity contribution >= 4 is 17.2 Å². The lowest BCUT2D eigenvalue weighted by molar-refractivity contribution is -0.130. The topological polar surface area (TPSA) is 117 Å². The first-order chi connectivity index (χ1) is 13.4. The average Bonchev–Trinajstić information content (AvgIpc) is 3.10. The van der Waals surface area contributed by atoms with Gasteiger partial charge in [-0.2, -0.15) is 0 Å². The predicted molar refractivity (Wildman–Crippen MR) is 97.0 cm³/mol. The third-order valence-electron chi connectivity index (χ3n) is 5.06. The molecule has 1 aliphatic heterocycles. The van der Waals surface area contributed by atoms with Gasteiger partial charge in [0.15, 0.2) is 0 Å². The Morgan fingerprint density at radius 1 is 1.32 bits per heavy atom. The normalized spacial score (nSPS) is 17.2. The molecule has 0 aliphatic carbocycles. The zero-order valence-corrected chi connectivity index (χ0v) is 16.1. The average molecular weight is 410 g/mol. The molecule has 1 unspecified atom stereocenters. The third kappa shape index (κ3) is 4.46. The lowest BCUT2D eigenvalue weighted by Gasteiger charge is -2.36. The van der Waals surface area contributed by atoms with E-state index in [9.17, 15) is 17.9 Å². The van der Waals surface area contributed by atoms with Gasteiger partial charge >= 0.3 is 0 Å². The molecule has 2 N–H and O–H groups in total. The highest BCUT2D eigenvalue weighted by molar-refractivity contribution is 7.77. The molecule has 1 saturated heterocycles. The summed E-state index contributed by atoms with van der Waals surface area (Å²) in [6, 6.07) is 4.48. The SMILES string of the molecule is Cc1nocc1CNC(=O)C1(c2ccc(CNS(=O)[O-])c(F)c2)CCOCC1. The van der Waals surface area contributed by atoms with E-state index in [-0.39, 0.29) is 24.6 Å². The third-order valence-corrected chi connectivity index (χ3v) is 5.44. The highest BCUT2D eigenvalue weighted by Gasteiger charge is 2.42. The van der Waals surface area contributed by atoms with Crippen LogP contribution >= 0.6 is 0 Å². The van der Waals surface area contributed by atoms with Gasteiger partial charge < -0.3 is 19.1 Å². The molecule has 1 aliphatic rings. The second-order valence-electron chi connectivity index (χ2n) is 6.66. The molecule has 8 nitrogen and oxygen atoms in total. The Balaban J connectivity index is 1.82. The van der Waals surface area contributed by atoms with Crippen molar-refractivity contribution < 1.29 is 27.2 Å². The fourth-order valence-corrected chi connectivity index (χ4v) is 3.59.